The summed E-state index contributed by atoms with van der Waals surface area (Å²) in [4.78, 5) is 12.8. The third-order valence-corrected chi connectivity index (χ3v) is 5.13. The zero-order chi connectivity index (χ0) is 12.6. The first-order valence-corrected chi connectivity index (χ1v) is 7.12. The fourth-order valence-electron chi connectivity index (χ4n) is 1.38. The fourth-order valence-corrected chi connectivity index (χ4v) is 3.12. The number of aryl methyl sites for hydroxylation is 1. The van der Waals surface area contributed by atoms with Gasteiger partial charge in [0.1, 0.15) is 0 Å². The van der Waals surface area contributed by atoms with E-state index in [1.807, 2.05) is 6.92 Å². The van der Waals surface area contributed by atoms with E-state index in [1.165, 1.54) is 11.3 Å². The van der Waals surface area contributed by atoms with Crippen molar-refractivity contribution in [3.8, 4) is 0 Å². The Balaban J connectivity index is 2.47. The third kappa shape index (κ3) is 2.58. The van der Waals surface area contributed by atoms with E-state index in [2.05, 4.69) is 15.9 Å². The van der Waals surface area contributed by atoms with Crippen molar-refractivity contribution in [3.05, 3.63) is 54.1 Å². The molecule has 0 radical (unpaired) electrons. The minimum absolute atomic E-state index is 0.101. The molecule has 0 amide bonds. The quantitative estimate of drug-likeness (QED) is 0.667. The largest absolute Gasteiger partial charge is 0.288 e. The summed E-state index contributed by atoms with van der Waals surface area (Å²) in [5.41, 5.74) is 1.39. The van der Waals surface area contributed by atoms with Crippen LogP contribution >= 0.6 is 50.5 Å². The number of carbonyl (C=O) groups excluding carboxylic acids is 1. The molecule has 1 aromatic carbocycles. The number of thiophene rings is 1. The molecule has 2 aromatic rings. The Morgan fingerprint density at radius 2 is 2.06 bits per heavy atom. The summed E-state index contributed by atoms with van der Waals surface area (Å²) in [6.07, 6.45) is 0. The van der Waals surface area contributed by atoms with Gasteiger partial charge < -0.3 is 0 Å². The molecule has 0 aliphatic heterocycles. The van der Waals surface area contributed by atoms with Crippen LogP contribution < -0.4 is 0 Å². The van der Waals surface area contributed by atoms with Crippen LogP contribution in [0.1, 0.15) is 20.8 Å². The average molecular weight is 350 g/mol. The Kier molecular flexibility index (Phi) is 3.93. The molecular formula is C12H7BrCl2OS. The van der Waals surface area contributed by atoms with E-state index in [0.29, 0.717) is 24.3 Å². The van der Waals surface area contributed by atoms with Gasteiger partial charge >= 0.3 is 0 Å². The summed E-state index contributed by atoms with van der Waals surface area (Å²) < 4.78 is 1.35. The van der Waals surface area contributed by atoms with E-state index in [9.17, 15) is 4.79 Å². The molecule has 1 heterocycles. The number of benzene rings is 1. The lowest BCUT2D eigenvalue weighted by Gasteiger charge is -2.02. The number of halogens is 3. The molecule has 0 fully saturated rings. The molecule has 2 rings (SSSR count). The molecule has 0 bridgehead atoms. The van der Waals surface area contributed by atoms with Crippen molar-refractivity contribution in [1.29, 1.82) is 0 Å². The van der Waals surface area contributed by atoms with E-state index >= 15 is 0 Å². The lowest BCUT2D eigenvalue weighted by Crippen LogP contribution is -1.99. The maximum Gasteiger partial charge on any atom is 0.204 e. The lowest BCUT2D eigenvalue weighted by molar-refractivity contribution is 0.104. The molecule has 0 N–H and O–H groups in total. The molecule has 1 nitrogen and oxygen atoms in total. The summed E-state index contributed by atoms with van der Waals surface area (Å²) in [5.74, 6) is -0.101. The summed E-state index contributed by atoms with van der Waals surface area (Å²) in [7, 11) is 0. The Hall–Kier alpha value is -0.350. The van der Waals surface area contributed by atoms with Crippen LogP contribution in [0.2, 0.25) is 9.36 Å². The van der Waals surface area contributed by atoms with Crippen LogP contribution in [0.4, 0.5) is 0 Å². The molecule has 0 aliphatic rings. The number of hydrogen-bond donors (Lipinski definition) is 0. The van der Waals surface area contributed by atoms with Gasteiger partial charge in [-0.15, -0.1) is 11.3 Å². The van der Waals surface area contributed by atoms with Gasteiger partial charge in [-0.3, -0.25) is 4.79 Å². The first kappa shape index (κ1) is 13.1. The highest BCUT2D eigenvalue weighted by Gasteiger charge is 2.17. The van der Waals surface area contributed by atoms with Gasteiger partial charge in [0.05, 0.1) is 14.2 Å². The van der Waals surface area contributed by atoms with E-state index in [1.54, 1.807) is 24.3 Å². The van der Waals surface area contributed by atoms with Gasteiger partial charge in [-0.05, 0) is 46.6 Å². The van der Waals surface area contributed by atoms with Gasteiger partial charge in [0, 0.05) is 10.0 Å². The van der Waals surface area contributed by atoms with E-state index in [-0.39, 0.29) is 5.78 Å². The zero-order valence-corrected chi connectivity index (χ0v) is 12.7. The van der Waals surface area contributed by atoms with Gasteiger partial charge in [-0.2, -0.15) is 0 Å². The highest BCUT2D eigenvalue weighted by atomic mass is 79.9. The number of rotatable bonds is 2. The van der Waals surface area contributed by atoms with Gasteiger partial charge in [0.15, 0.2) is 0 Å². The highest BCUT2D eigenvalue weighted by molar-refractivity contribution is 9.10. The molecule has 0 saturated carbocycles. The predicted octanol–water partition coefficient (Wildman–Crippen LogP) is 5.36. The number of hydrogen-bond acceptors (Lipinski definition) is 2. The van der Waals surface area contributed by atoms with Crippen LogP contribution in [0, 0.1) is 6.92 Å². The van der Waals surface area contributed by atoms with Crippen LogP contribution in [-0.4, -0.2) is 5.78 Å². The first-order chi connectivity index (χ1) is 8.00. The van der Waals surface area contributed by atoms with Gasteiger partial charge in [0.25, 0.3) is 0 Å². The smallest absolute Gasteiger partial charge is 0.204 e. The van der Waals surface area contributed by atoms with Crippen LogP contribution in [0.5, 0.6) is 0 Å². The minimum atomic E-state index is -0.101. The summed E-state index contributed by atoms with van der Waals surface area (Å²) in [6.45, 7) is 1.87. The second kappa shape index (κ2) is 5.11. The first-order valence-electron chi connectivity index (χ1n) is 4.75. The minimum Gasteiger partial charge on any atom is -0.288 e. The Labute approximate surface area is 121 Å². The molecule has 5 heteroatoms. The van der Waals surface area contributed by atoms with Crippen molar-refractivity contribution >= 4 is 56.3 Å². The van der Waals surface area contributed by atoms with Crippen molar-refractivity contribution in [1.82, 2.24) is 0 Å². The SMILES string of the molecule is Cc1cc(C(=O)c2cccc(Br)c2Cl)sc1Cl. The van der Waals surface area contributed by atoms with Crippen molar-refractivity contribution in [3.63, 3.8) is 0 Å². The Morgan fingerprint density at radius 3 is 2.65 bits per heavy atom. The number of carbonyl (C=O) groups is 1. The van der Waals surface area contributed by atoms with E-state index in [0.717, 1.165) is 5.56 Å². The summed E-state index contributed by atoms with van der Waals surface area (Å²) in [5, 5.41) is 0.430. The molecule has 0 unspecified atom stereocenters. The molecule has 17 heavy (non-hydrogen) atoms. The number of ketones is 1. The Morgan fingerprint density at radius 1 is 1.35 bits per heavy atom. The standard InChI is InChI=1S/C12H7BrCl2OS/c1-6-5-9(17-12(6)15)11(16)7-3-2-4-8(13)10(7)14/h2-5H,1H3. The molecular weight excluding hydrogens is 343 g/mol. The molecule has 0 spiro atoms. The van der Waals surface area contributed by atoms with Crippen molar-refractivity contribution in [2.24, 2.45) is 0 Å². The van der Waals surface area contributed by atoms with Crippen molar-refractivity contribution in [2.45, 2.75) is 6.92 Å². The fraction of sp³-hybridized carbons (Fsp3) is 0.0833. The average Bonchev–Trinajstić information content (AvgIpc) is 2.62. The molecule has 88 valence electrons. The maximum atomic E-state index is 12.2. The third-order valence-electron chi connectivity index (χ3n) is 2.28. The Bertz CT molecular complexity index is 573. The monoisotopic (exact) mass is 348 g/mol. The summed E-state index contributed by atoms with van der Waals surface area (Å²) in [6, 6.07) is 7.07. The topological polar surface area (TPSA) is 17.1 Å². The maximum absolute atomic E-state index is 12.2. The van der Waals surface area contributed by atoms with Gasteiger partial charge in [-0.1, -0.05) is 29.3 Å². The van der Waals surface area contributed by atoms with Crippen LogP contribution in [-0.2, 0) is 0 Å². The second-order valence-corrected chi connectivity index (χ2v) is 6.38. The van der Waals surface area contributed by atoms with Crippen molar-refractivity contribution in [2.75, 3.05) is 0 Å². The molecule has 0 atom stereocenters. The normalized spacial score (nSPS) is 10.6. The van der Waals surface area contributed by atoms with Crippen LogP contribution in [0.3, 0.4) is 0 Å². The lowest BCUT2D eigenvalue weighted by atomic mass is 10.1. The van der Waals surface area contributed by atoms with Crippen LogP contribution in [0.25, 0.3) is 0 Å². The van der Waals surface area contributed by atoms with Crippen molar-refractivity contribution < 1.29 is 4.79 Å². The predicted molar refractivity (Wildman–Crippen MR) is 76.7 cm³/mol. The summed E-state index contributed by atoms with van der Waals surface area (Å²) >= 11 is 16.6. The van der Waals surface area contributed by atoms with Gasteiger partial charge in [-0.25, -0.2) is 0 Å². The highest BCUT2D eigenvalue weighted by Crippen LogP contribution is 2.32. The van der Waals surface area contributed by atoms with Crippen LogP contribution in [0.15, 0.2) is 28.7 Å². The molecule has 0 aliphatic carbocycles. The van der Waals surface area contributed by atoms with E-state index < -0.39 is 0 Å². The molecule has 1 aromatic heterocycles. The zero-order valence-electron chi connectivity index (χ0n) is 8.76. The molecule has 0 saturated heterocycles. The van der Waals surface area contributed by atoms with Gasteiger partial charge in [0.2, 0.25) is 5.78 Å². The second-order valence-electron chi connectivity index (χ2n) is 3.50. The van der Waals surface area contributed by atoms with E-state index in [4.69, 9.17) is 23.2 Å².